The number of hydrogen-bond donors (Lipinski definition) is 1. The maximum Gasteiger partial charge on any atom is 0.312 e. The van der Waals surface area contributed by atoms with E-state index in [1.807, 2.05) is 0 Å². The smallest absolute Gasteiger partial charge is 0.312 e. The molecule has 1 atom stereocenters. The van der Waals surface area contributed by atoms with Gasteiger partial charge in [0.2, 0.25) is 0 Å². The van der Waals surface area contributed by atoms with Crippen molar-refractivity contribution in [2.75, 3.05) is 6.61 Å². The fourth-order valence-corrected chi connectivity index (χ4v) is 2.30. The first kappa shape index (κ1) is 17.0. The number of ether oxygens (including phenoxy) is 1. The molecule has 0 saturated heterocycles. The summed E-state index contributed by atoms with van der Waals surface area (Å²) in [7, 11) is 0. The first-order valence-corrected chi connectivity index (χ1v) is 7.07. The lowest BCUT2D eigenvalue weighted by Crippen LogP contribution is -2.23. The van der Waals surface area contributed by atoms with Gasteiger partial charge < -0.3 is 9.84 Å². The third-order valence-electron chi connectivity index (χ3n) is 3.44. The second kappa shape index (κ2) is 7.30. The minimum Gasteiger partial charge on any atom is -0.389 e. The van der Waals surface area contributed by atoms with Crippen molar-refractivity contribution >= 4 is 5.69 Å². The quantitative estimate of drug-likeness (QED) is 0.622. The van der Waals surface area contributed by atoms with Crippen molar-refractivity contribution in [3.05, 3.63) is 57.1 Å². The van der Waals surface area contributed by atoms with E-state index >= 15 is 0 Å². The van der Waals surface area contributed by atoms with Crippen LogP contribution < -0.4 is 0 Å². The van der Waals surface area contributed by atoms with E-state index in [0.717, 1.165) is 0 Å². The molecule has 2 rings (SSSR count). The summed E-state index contributed by atoms with van der Waals surface area (Å²) in [5, 5.41) is 24.9. The summed E-state index contributed by atoms with van der Waals surface area (Å²) in [6, 6.07) is 6.23. The van der Waals surface area contributed by atoms with Crippen molar-refractivity contribution in [3.63, 3.8) is 0 Å². The average molecular weight is 323 g/mol. The number of benzene rings is 1. The van der Waals surface area contributed by atoms with Gasteiger partial charge in [-0.2, -0.15) is 5.10 Å². The lowest BCUT2D eigenvalue weighted by atomic mass is 10.2. The predicted octanol–water partition coefficient (Wildman–Crippen LogP) is 2.12. The Morgan fingerprint density at radius 2 is 2.13 bits per heavy atom. The summed E-state index contributed by atoms with van der Waals surface area (Å²) in [5.41, 5.74) is 1.03. The Morgan fingerprint density at radius 3 is 2.74 bits per heavy atom. The van der Waals surface area contributed by atoms with Crippen LogP contribution in [0.4, 0.5) is 10.1 Å². The lowest BCUT2D eigenvalue weighted by molar-refractivity contribution is -0.386. The molecule has 7 nitrogen and oxygen atoms in total. The zero-order chi connectivity index (χ0) is 17.0. The van der Waals surface area contributed by atoms with Gasteiger partial charge in [-0.1, -0.05) is 18.2 Å². The molecule has 0 spiro atoms. The van der Waals surface area contributed by atoms with Crippen LogP contribution in [0.3, 0.4) is 0 Å². The first-order valence-electron chi connectivity index (χ1n) is 7.07. The van der Waals surface area contributed by atoms with Gasteiger partial charge in [-0.25, -0.2) is 4.39 Å². The normalized spacial score (nSPS) is 12.3. The van der Waals surface area contributed by atoms with E-state index in [1.54, 1.807) is 32.0 Å². The summed E-state index contributed by atoms with van der Waals surface area (Å²) in [4.78, 5) is 10.4. The molecule has 0 bridgehead atoms. The van der Waals surface area contributed by atoms with E-state index < -0.39 is 11.0 Å². The van der Waals surface area contributed by atoms with Crippen molar-refractivity contribution in [1.29, 1.82) is 0 Å². The van der Waals surface area contributed by atoms with Gasteiger partial charge >= 0.3 is 5.69 Å². The minimum absolute atomic E-state index is 0.0273. The van der Waals surface area contributed by atoms with Crippen LogP contribution in [0.15, 0.2) is 24.3 Å². The number of rotatable bonds is 7. The van der Waals surface area contributed by atoms with Crippen LogP contribution in [0.1, 0.15) is 17.0 Å². The third kappa shape index (κ3) is 4.11. The molecule has 1 aromatic heterocycles. The second-order valence-electron chi connectivity index (χ2n) is 5.22. The summed E-state index contributed by atoms with van der Waals surface area (Å²) in [6.45, 7) is 3.20. The minimum atomic E-state index is -0.903. The first-order chi connectivity index (χ1) is 10.9. The summed E-state index contributed by atoms with van der Waals surface area (Å²) in [5.74, 6) is -0.365. The van der Waals surface area contributed by atoms with Crippen LogP contribution in [0, 0.1) is 29.8 Å². The van der Waals surface area contributed by atoms with Gasteiger partial charge in [0, 0.05) is 5.56 Å². The third-order valence-corrected chi connectivity index (χ3v) is 3.44. The number of aromatic nitrogens is 2. The van der Waals surface area contributed by atoms with Crippen molar-refractivity contribution in [3.8, 4) is 0 Å². The van der Waals surface area contributed by atoms with E-state index in [4.69, 9.17) is 4.74 Å². The Kier molecular flexibility index (Phi) is 5.41. The Bertz CT molecular complexity index is 702. The summed E-state index contributed by atoms with van der Waals surface area (Å²) in [6.07, 6.45) is -0.903. The van der Waals surface area contributed by atoms with Gasteiger partial charge in [0.1, 0.15) is 17.2 Å². The number of hydrogen-bond acceptors (Lipinski definition) is 5. The van der Waals surface area contributed by atoms with E-state index in [9.17, 15) is 19.6 Å². The molecule has 124 valence electrons. The molecule has 2 aromatic rings. The average Bonchev–Trinajstić information content (AvgIpc) is 2.75. The monoisotopic (exact) mass is 323 g/mol. The summed E-state index contributed by atoms with van der Waals surface area (Å²) >= 11 is 0. The fourth-order valence-electron chi connectivity index (χ4n) is 2.30. The van der Waals surface area contributed by atoms with E-state index in [-0.39, 0.29) is 31.3 Å². The number of halogens is 1. The fraction of sp³-hybridized carbons (Fsp3) is 0.400. The number of aliphatic hydroxyl groups excluding tert-OH is 1. The zero-order valence-electron chi connectivity index (χ0n) is 12.9. The molecular formula is C15H18FN3O4. The molecule has 0 aliphatic carbocycles. The van der Waals surface area contributed by atoms with Crippen molar-refractivity contribution in [2.45, 2.75) is 33.1 Å². The second-order valence-corrected chi connectivity index (χ2v) is 5.22. The molecule has 23 heavy (non-hydrogen) atoms. The van der Waals surface area contributed by atoms with E-state index in [0.29, 0.717) is 17.0 Å². The predicted molar refractivity (Wildman–Crippen MR) is 80.4 cm³/mol. The van der Waals surface area contributed by atoms with Gasteiger partial charge in [-0.15, -0.1) is 0 Å². The molecule has 1 heterocycles. The van der Waals surface area contributed by atoms with Gasteiger partial charge in [0.05, 0.1) is 30.8 Å². The largest absolute Gasteiger partial charge is 0.389 e. The molecule has 0 aliphatic rings. The Hall–Kier alpha value is -2.32. The molecule has 1 N–H and O–H groups in total. The number of nitrogens with zero attached hydrogens (tertiary/aromatic N) is 3. The molecule has 1 unspecified atom stereocenters. The van der Waals surface area contributed by atoms with Crippen LogP contribution in [0.25, 0.3) is 0 Å². The number of aliphatic hydroxyl groups is 1. The topological polar surface area (TPSA) is 90.4 Å². The SMILES string of the molecule is Cc1nn(CC(O)COCc2ccccc2F)c(C)c1[N+](=O)[O-]. The molecule has 0 radical (unpaired) electrons. The van der Waals surface area contributed by atoms with Crippen LogP contribution in [0.5, 0.6) is 0 Å². The van der Waals surface area contributed by atoms with Crippen LogP contribution >= 0.6 is 0 Å². The van der Waals surface area contributed by atoms with Crippen LogP contribution in [0.2, 0.25) is 0 Å². The van der Waals surface area contributed by atoms with Crippen LogP contribution in [-0.4, -0.2) is 32.5 Å². The highest BCUT2D eigenvalue weighted by Gasteiger charge is 2.22. The highest BCUT2D eigenvalue weighted by atomic mass is 19.1. The van der Waals surface area contributed by atoms with Gasteiger partial charge in [-0.3, -0.25) is 14.8 Å². The molecule has 0 saturated carbocycles. The number of nitro groups is 1. The van der Waals surface area contributed by atoms with Crippen molar-refractivity contribution in [2.24, 2.45) is 0 Å². The molecular weight excluding hydrogens is 305 g/mol. The summed E-state index contributed by atoms with van der Waals surface area (Å²) < 4.78 is 20.1. The molecule has 0 aliphatic heterocycles. The van der Waals surface area contributed by atoms with Crippen molar-refractivity contribution in [1.82, 2.24) is 9.78 Å². The van der Waals surface area contributed by atoms with Gasteiger partial charge in [0.25, 0.3) is 0 Å². The Balaban J connectivity index is 1.90. The molecule has 1 aromatic carbocycles. The van der Waals surface area contributed by atoms with Gasteiger partial charge in [0.15, 0.2) is 0 Å². The molecule has 8 heteroatoms. The van der Waals surface area contributed by atoms with Crippen molar-refractivity contribution < 1.29 is 19.2 Å². The van der Waals surface area contributed by atoms with E-state index in [1.165, 1.54) is 10.7 Å². The van der Waals surface area contributed by atoms with Gasteiger partial charge in [-0.05, 0) is 19.9 Å². The van der Waals surface area contributed by atoms with E-state index in [2.05, 4.69) is 5.10 Å². The molecule has 0 fully saturated rings. The Labute approximate surface area is 132 Å². The Morgan fingerprint density at radius 1 is 1.43 bits per heavy atom. The maximum atomic E-state index is 13.4. The molecule has 0 amide bonds. The maximum absolute atomic E-state index is 13.4. The van der Waals surface area contributed by atoms with Crippen LogP contribution in [-0.2, 0) is 17.9 Å². The lowest BCUT2D eigenvalue weighted by Gasteiger charge is -2.12. The highest BCUT2D eigenvalue weighted by molar-refractivity contribution is 5.39. The zero-order valence-corrected chi connectivity index (χ0v) is 12.9. The number of aryl methyl sites for hydroxylation is 1. The highest BCUT2D eigenvalue weighted by Crippen LogP contribution is 2.21. The standard InChI is InChI=1S/C15H18FN3O4/c1-10-15(19(21)22)11(2)18(17-10)7-13(20)9-23-8-12-5-3-4-6-14(12)16/h3-6,13,20H,7-9H2,1-2H3.